The molecule has 2 rings (SSSR count). The summed E-state index contributed by atoms with van der Waals surface area (Å²) in [6, 6.07) is 4.50. The molecule has 0 radical (unpaired) electrons. The van der Waals surface area contributed by atoms with Crippen LogP contribution in [0.2, 0.25) is 0 Å². The number of nitrogen functional groups attached to an aromatic ring is 1. The van der Waals surface area contributed by atoms with Gasteiger partial charge in [0.15, 0.2) is 0 Å². The monoisotopic (exact) mass is 313 g/mol. The number of nitrogens with two attached hydrogens (primary N) is 2. The zero-order valence-corrected chi connectivity index (χ0v) is 12.9. The highest BCUT2D eigenvalue weighted by Gasteiger charge is 2.13. The fourth-order valence-corrected chi connectivity index (χ4v) is 3.13. The van der Waals surface area contributed by atoms with E-state index < -0.39 is 10.0 Å². The predicted octanol–water partition coefficient (Wildman–Crippen LogP) is 1.68. The Bertz CT molecular complexity index is 569. The van der Waals surface area contributed by atoms with Crippen LogP contribution in [0.5, 0.6) is 0 Å². The van der Waals surface area contributed by atoms with Crippen LogP contribution in [0.3, 0.4) is 0 Å². The van der Waals surface area contributed by atoms with Crippen LogP contribution >= 0.6 is 0 Å². The molecular weight excluding hydrogens is 290 g/mol. The van der Waals surface area contributed by atoms with Gasteiger partial charge in [-0.15, -0.1) is 0 Å². The largest absolute Gasteiger partial charge is 0.399 e. The first-order chi connectivity index (χ1) is 9.95. The van der Waals surface area contributed by atoms with Gasteiger partial charge in [0.05, 0.1) is 17.6 Å². The van der Waals surface area contributed by atoms with Crippen molar-refractivity contribution in [2.75, 3.05) is 24.2 Å². The number of ether oxygens (including phenoxy) is 1. The topological polar surface area (TPSA) is 107 Å². The van der Waals surface area contributed by atoms with E-state index in [0.717, 1.165) is 12.8 Å². The van der Waals surface area contributed by atoms with Gasteiger partial charge in [0.2, 0.25) is 10.0 Å². The van der Waals surface area contributed by atoms with Crippen molar-refractivity contribution < 1.29 is 13.2 Å². The van der Waals surface area contributed by atoms with Gasteiger partial charge >= 0.3 is 0 Å². The molecule has 1 aromatic carbocycles. The van der Waals surface area contributed by atoms with Gasteiger partial charge in [-0.1, -0.05) is 19.3 Å². The van der Waals surface area contributed by atoms with Crippen molar-refractivity contribution in [2.24, 2.45) is 5.14 Å². The van der Waals surface area contributed by atoms with Crippen molar-refractivity contribution in [3.8, 4) is 0 Å². The Morgan fingerprint density at radius 3 is 2.57 bits per heavy atom. The summed E-state index contributed by atoms with van der Waals surface area (Å²) in [5, 5.41) is 8.22. The van der Waals surface area contributed by atoms with Crippen LogP contribution in [0.1, 0.15) is 32.1 Å². The van der Waals surface area contributed by atoms with Crippen LogP contribution in [-0.4, -0.2) is 27.7 Å². The van der Waals surface area contributed by atoms with Gasteiger partial charge in [0.25, 0.3) is 0 Å². The second-order valence-electron chi connectivity index (χ2n) is 5.39. The molecule has 6 nitrogen and oxygen atoms in total. The zero-order valence-electron chi connectivity index (χ0n) is 12.0. The summed E-state index contributed by atoms with van der Waals surface area (Å²) in [7, 11) is -3.75. The summed E-state index contributed by atoms with van der Waals surface area (Å²) >= 11 is 0. The lowest BCUT2D eigenvalue weighted by molar-refractivity contribution is 0.0347. The Morgan fingerprint density at radius 2 is 1.90 bits per heavy atom. The molecule has 0 amide bonds. The second kappa shape index (κ2) is 7.11. The number of sulfonamides is 1. The Labute approximate surface area is 125 Å². The smallest absolute Gasteiger partial charge is 0.238 e. The van der Waals surface area contributed by atoms with Gasteiger partial charge in [-0.2, -0.15) is 0 Å². The van der Waals surface area contributed by atoms with Crippen LogP contribution in [-0.2, 0) is 14.8 Å². The molecule has 1 aromatic rings. The summed E-state index contributed by atoms with van der Waals surface area (Å²) in [6.45, 7) is 1.19. The van der Waals surface area contributed by atoms with Crippen molar-refractivity contribution in [1.82, 2.24) is 0 Å². The highest BCUT2D eigenvalue weighted by atomic mass is 32.2. The first-order valence-corrected chi connectivity index (χ1v) is 8.78. The molecule has 0 bridgehead atoms. The molecule has 0 heterocycles. The molecule has 0 atom stereocenters. The molecule has 118 valence electrons. The molecule has 1 aliphatic rings. The van der Waals surface area contributed by atoms with E-state index in [1.165, 1.54) is 31.4 Å². The fraction of sp³-hybridized carbons (Fsp3) is 0.571. The van der Waals surface area contributed by atoms with Crippen LogP contribution in [0.25, 0.3) is 0 Å². The summed E-state index contributed by atoms with van der Waals surface area (Å²) < 4.78 is 28.5. The van der Waals surface area contributed by atoms with Crippen molar-refractivity contribution in [3.63, 3.8) is 0 Å². The van der Waals surface area contributed by atoms with E-state index in [1.54, 1.807) is 6.07 Å². The summed E-state index contributed by atoms with van der Waals surface area (Å²) in [5.74, 6) is 0. The number of rotatable bonds is 6. The molecule has 1 fully saturated rings. The molecule has 0 unspecified atom stereocenters. The summed E-state index contributed by atoms with van der Waals surface area (Å²) in [5.41, 5.74) is 6.68. The van der Waals surface area contributed by atoms with Crippen LogP contribution < -0.4 is 16.2 Å². The van der Waals surface area contributed by atoms with Gasteiger partial charge in [-0.05, 0) is 31.0 Å². The molecular formula is C14H23N3O3S. The third-order valence-electron chi connectivity index (χ3n) is 3.59. The van der Waals surface area contributed by atoms with Gasteiger partial charge in [-0.25, -0.2) is 13.6 Å². The average Bonchev–Trinajstić information content (AvgIpc) is 2.43. The van der Waals surface area contributed by atoms with E-state index >= 15 is 0 Å². The van der Waals surface area contributed by atoms with E-state index in [0.29, 0.717) is 30.6 Å². The van der Waals surface area contributed by atoms with Crippen LogP contribution in [0.15, 0.2) is 23.1 Å². The molecule has 0 aliphatic heterocycles. The molecule has 0 aromatic heterocycles. The lowest BCUT2D eigenvalue weighted by Crippen LogP contribution is -2.20. The Balaban J connectivity index is 1.84. The normalized spacial score (nSPS) is 16.8. The average molecular weight is 313 g/mol. The highest BCUT2D eigenvalue weighted by molar-refractivity contribution is 7.89. The molecule has 5 N–H and O–H groups in total. The minimum atomic E-state index is -3.75. The summed E-state index contributed by atoms with van der Waals surface area (Å²) in [6.07, 6.45) is 6.41. The Morgan fingerprint density at radius 1 is 1.19 bits per heavy atom. The SMILES string of the molecule is Nc1cc(NCCOC2CCCCC2)cc(S(N)(=O)=O)c1. The number of hydrogen-bond acceptors (Lipinski definition) is 5. The van der Waals surface area contributed by atoms with Crippen molar-refractivity contribution in [1.29, 1.82) is 0 Å². The number of anilines is 2. The lowest BCUT2D eigenvalue weighted by atomic mass is 9.98. The number of hydrogen-bond donors (Lipinski definition) is 3. The zero-order chi connectivity index (χ0) is 15.3. The molecule has 1 saturated carbocycles. The van der Waals surface area contributed by atoms with Gasteiger partial charge in [0.1, 0.15) is 0 Å². The molecule has 0 spiro atoms. The van der Waals surface area contributed by atoms with Crippen LogP contribution in [0.4, 0.5) is 11.4 Å². The lowest BCUT2D eigenvalue weighted by Gasteiger charge is -2.22. The molecule has 7 heteroatoms. The number of nitrogens with one attached hydrogen (secondary N) is 1. The third-order valence-corrected chi connectivity index (χ3v) is 4.49. The minimum absolute atomic E-state index is 0.0122. The predicted molar refractivity (Wildman–Crippen MR) is 83.5 cm³/mol. The molecule has 0 saturated heterocycles. The van der Waals surface area contributed by atoms with E-state index in [2.05, 4.69) is 5.32 Å². The van der Waals surface area contributed by atoms with Gasteiger partial charge in [0, 0.05) is 17.9 Å². The number of primary sulfonamides is 1. The van der Waals surface area contributed by atoms with E-state index in [9.17, 15) is 8.42 Å². The van der Waals surface area contributed by atoms with Crippen LogP contribution in [0, 0.1) is 0 Å². The number of benzene rings is 1. The van der Waals surface area contributed by atoms with Crippen molar-refractivity contribution in [3.05, 3.63) is 18.2 Å². The quantitative estimate of drug-likeness (QED) is 0.547. The molecule has 1 aliphatic carbocycles. The van der Waals surface area contributed by atoms with Gasteiger partial charge < -0.3 is 15.8 Å². The summed E-state index contributed by atoms with van der Waals surface area (Å²) in [4.78, 5) is 0.0122. The maximum absolute atomic E-state index is 11.3. The first kappa shape index (κ1) is 16.1. The van der Waals surface area contributed by atoms with Crippen molar-refractivity contribution >= 4 is 21.4 Å². The highest BCUT2D eigenvalue weighted by Crippen LogP contribution is 2.21. The fourth-order valence-electron chi connectivity index (χ4n) is 2.54. The maximum Gasteiger partial charge on any atom is 0.238 e. The maximum atomic E-state index is 11.3. The Hall–Kier alpha value is -1.31. The first-order valence-electron chi connectivity index (χ1n) is 7.24. The van der Waals surface area contributed by atoms with Crippen molar-refractivity contribution in [2.45, 2.75) is 43.1 Å². The minimum Gasteiger partial charge on any atom is -0.399 e. The van der Waals surface area contributed by atoms with E-state index in [-0.39, 0.29) is 4.90 Å². The third kappa shape index (κ3) is 5.18. The van der Waals surface area contributed by atoms with Gasteiger partial charge in [-0.3, -0.25) is 0 Å². The van der Waals surface area contributed by atoms with E-state index in [4.69, 9.17) is 15.6 Å². The second-order valence-corrected chi connectivity index (χ2v) is 6.95. The Kier molecular flexibility index (Phi) is 5.44. The standard InChI is InChI=1S/C14H23N3O3S/c15-11-8-12(10-14(9-11)21(16,18)19)17-6-7-20-13-4-2-1-3-5-13/h8-10,13,17H,1-7,15H2,(H2,16,18,19). The molecule has 21 heavy (non-hydrogen) atoms. The van der Waals surface area contributed by atoms with E-state index in [1.807, 2.05) is 0 Å².